The van der Waals surface area contributed by atoms with Crippen LogP contribution in [-0.4, -0.2) is 51.4 Å². The number of hydrogen-bond acceptors (Lipinski definition) is 4. The highest BCUT2D eigenvalue weighted by molar-refractivity contribution is 7.89. The van der Waals surface area contributed by atoms with E-state index in [-0.39, 0.29) is 11.8 Å². The molecule has 1 heterocycles. The summed E-state index contributed by atoms with van der Waals surface area (Å²) in [5.74, 6) is -0.0484. The zero-order valence-electron chi connectivity index (χ0n) is 18.5. The molecule has 0 aliphatic carbocycles. The number of rotatable bonds is 10. The Bertz CT molecular complexity index is 791. The Hall–Kier alpha value is -1.51. The molecule has 1 aromatic rings. The van der Waals surface area contributed by atoms with Gasteiger partial charge in [-0.2, -0.15) is 4.72 Å². The van der Waals surface area contributed by atoms with Gasteiger partial charge in [-0.05, 0) is 55.7 Å². The summed E-state index contributed by atoms with van der Waals surface area (Å²) < 4.78 is 41.3. The minimum atomic E-state index is -4.13. The largest absolute Gasteiger partial charge is 0.355 e. The van der Waals surface area contributed by atoms with Crippen LogP contribution in [0.25, 0.3) is 0 Å². The van der Waals surface area contributed by atoms with Crippen LogP contribution in [0.15, 0.2) is 29.2 Å². The van der Waals surface area contributed by atoms with Crippen molar-refractivity contribution in [2.75, 3.05) is 26.2 Å². The highest BCUT2D eigenvalue weighted by Crippen LogP contribution is 2.21. The smallest absolute Gasteiger partial charge is 0.244 e. The van der Waals surface area contributed by atoms with Crippen LogP contribution in [0, 0.1) is 23.6 Å². The van der Waals surface area contributed by atoms with Crippen molar-refractivity contribution >= 4 is 15.9 Å². The molecule has 0 spiro atoms. The van der Waals surface area contributed by atoms with Gasteiger partial charge in [0.15, 0.2) is 0 Å². The van der Waals surface area contributed by atoms with Crippen molar-refractivity contribution in [2.24, 2.45) is 17.8 Å². The van der Waals surface area contributed by atoms with E-state index in [1.165, 1.54) is 24.6 Å². The lowest BCUT2D eigenvalue weighted by Gasteiger charge is -2.35. The molecule has 3 atom stereocenters. The summed E-state index contributed by atoms with van der Waals surface area (Å²) in [5, 5.41) is 2.83. The van der Waals surface area contributed by atoms with Gasteiger partial charge < -0.3 is 10.2 Å². The molecule has 0 aromatic heterocycles. The number of piperidine rings is 1. The van der Waals surface area contributed by atoms with Crippen LogP contribution in [0.2, 0.25) is 0 Å². The Balaban J connectivity index is 1.82. The second-order valence-electron chi connectivity index (χ2n) is 8.98. The first-order valence-corrected chi connectivity index (χ1v) is 12.4. The number of nitrogens with zero attached hydrogens (tertiary/aromatic N) is 1. The fraction of sp³-hybridized carbons (Fsp3) is 0.682. The van der Waals surface area contributed by atoms with Crippen LogP contribution in [0.5, 0.6) is 0 Å². The maximum absolute atomic E-state index is 13.9. The number of amides is 1. The molecule has 170 valence electrons. The number of likely N-dealkylation sites (tertiary alicyclic amines) is 1. The number of carbonyl (C=O) groups excluding carboxylic acids is 1. The molecule has 2 unspecified atom stereocenters. The molecule has 1 fully saturated rings. The molecule has 0 bridgehead atoms. The molecule has 6 nitrogen and oxygen atoms in total. The van der Waals surface area contributed by atoms with Gasteiger partial charge in [-0.25, -0.2) is 12.8 Å². The quantitative estimate of drug-likeness (QED) is 0.547. The first-order chi connectivity index (χ1) is 14.1. The highest BCUT2D eigenvalue weighted by atomic mass is 32.2. The Labute approximate surface area is 180 Å². The normalized spacial score (nSPS) is 21.5. The molecular formula is C22H36FN3O3S. The number of hydrogen-bond donors (Lipinski definition) is 2. The predicted octanol–water partition coefficient (Wildman–Crippen LogP) is 3.00. The summed E-state index contributed by atoms with van der Waals surface area (Å²) in [6.45, 7) is 11.8. The molecule has 1 amide bonds. The minimum Gasteiger partial charge on any atom is -0.355 e. The summed E-state index contributed by atoms with van der Waals surface area (Å²) >= 11 is 0. The number of carbonyl (C=O) groups is 1. The van der Waals surface area contributed by atoms with E-state index in [9.17, 15) is 17.6 Å². The lowest BCUT2D eigenvalue weighted by atomic mass is 9.92. The zero-order chi connectivity index (χ0) is 22.3. The third-order valence-corrected chi connectivity index (χ3v) is 6.98. The molecule has 1 saturated heterocycles. The van der Waals surface area contributed by atoms with Crippen molar-refractivity contribution < 1.29 is 17.6 Å². The van der Waals surface area contributed by atoms with Crippen LogP contribution in [0.1, 0.15) is 47.0 Å². The lowest BCUT2D eigenvalue weighted by molar-refractivity contribution is -0.123. The van der Waals surface area contributed by atoms with Crippen molar-refractivity contribution in [1.29, 1.82) is 0 Å². The summed E-state index contributed by atoms with van der Waals surface area (Å²) in [7, 11) is -4.13. The van der Waals surface area contributed by atoms with Gasteiger partial charge in [0.25, 0.3) is 0 Å². The molecular weight excluding hydrogens is 405 g/mol. The summed E-state index contributed by atoms with van der Waals surface area (Å²) in [4.78, 5) is 14.6. The fourth-order valence-corrected chi connectivity index (χ4v) is 5.57. The van der Waals surface area contributed by atoms with Crippen LogP contribution in [0.4, 0.5) is 4.39 Å². The van der Waals surface area contributed by atoms with Gasteiger partial charge in [-0.1, -0.05) is 39.8 Å². The molecule has 2 rings (SSSR count). The van der Waals surface area contributed by atoms with E-state index in [1.807, 2.05) is 0 Å². The number of sulfonamides is 1. The van der Waals surface area contributed by atoms with Crippen LogP contribution in [-0.2, 0) is 14.8 Å². The summed E-state index contributed by atoms with van der Waals surface area (Å²) in [6, 6.07) is 4.19. The fourth-order valence-electron chi connectivity index (χ4n) is 4.14. The number of unbranched alkanes of at least 4 members (excludes halogenated alkanes) is 1. The van der Waals surface area contributed by atoms with Crippen LogP contribution < -0.4 is 10.0 Å². The Morgan fingerprint density at radius 3 is 2.40 bits per heavy atom. The van der Waals surface area contributed by atoms with E-state index in [1.54, 1.807) is 13.8 Å². The van der Waals surface area contributed by atoms with Crippen LogP contribution >= 0.6 is 0 Å². The third-order valence-electron chi connectivity index (χ3n) is 5.50. The van der Waals surface area contributed by atoms with E-state index in [4.69, 9.17) is 0 Å². The average Bonchev–Trinajstić information content (AvgIpc) is 2.65. The molecule has 30 heavy (non-hydrogen) atoms. The summed E-state index contributed by atoms with van der Waals surface area (Å²) in [6.07, 6.45) is 3.09. The first kappa shape index (κ1) is 24.8. The maximum Gasteiger partial charge on any atom is 0.244 e. The molecule has 1 aliphatic heterocycles. The molecule has 2 N–H and O–H groups in total. The standard InChI is InChI=1S/C22H36FN3O3S/c1-16(2)21(25-30(28,29)20-10-6-5-9-19(20)23)22(27)24-11-7-8-12-26-14-17(3)13-18(4)15-26/h5-6,9-10,16-18,21,25H,7-8,11-15H2,1-4H3,(H,24,27)/t17?,18?,21-/m0/s1. The van der Waals surface area contributed by atoms with E-state index >= 15 is 0 Å². The van der Waals surface area contributed by atoms with Crippen LogP contribution in [0.3, 0.4) is 0 Å². The van der Waals surface area contributed by atoms with E-state index in [0.717, 1.165) is 50.4 Å². The Morgan fingerprint density at radius 2 is 1.80 bits per heavy atom. The predicted molar refractivity (Wildman–Crippen MR) is 117 cm³/mol. The Kier molecular flexibility index (Phi) is 9.25. The average molecular weight is 442 g/mol. The van der Waals surface area contributed by atoms with Gasteiger partial charge in [0.05, 0.1) is 0 Å². The van der Waals surface area contributed by atoms with Crippen molar-refractivity contribution in [1.82, 2.24) is 14.9 Å². The molecule has 1 aliphatic rings. The van der Waals surface area contributed by atoms with Crippen molar-refractivity contribution in [3.8, 4) is 0 Å². The van der Waals surface area contributed by atoms with E-state index < -0.39 is 26.8 Å². The number of nitrogens with one attached hydrogen (secondary N) is 2. The van der Waals surface area contributed by atoms with E-state index in [0.29, 0.717) is 6.54 Å². The maximum atomic E-state index is 13.9. The SMILES string of the molecule is CC1CC(C)CN(CCCCNC(=O)[C@@H](NS(=O)(=O)c2ccccc2F)C(C)C)C1. The topological polar surface area (TPSA) is 78.5 Å². The lowest BCUT2D eigenvalue weighted by Crippen LogP contribution is -2.49. The highest BCUT2D eigenvalue weighted by Gasteiger charge is 2.29. The van der Waals surface area contributed by atoms with Gasteiger partial charge in [0.2, 0.25) is 15.9 Å². The monoisotopic (exact) mass is 441 g/mol. The molecule has 8 heteroatoms. The van der Waals surface area contributed by atoms with Crippen molar-refractivity contribution in [3.05, 3.63) is 30.1 Å². The van der Waals surface area contributed by atoms with Gasteiger partial charge >= 0.3 is 0 Å². The number of halogens is 1. The van der Waals surface area contributed by atoms with Gasteiger partial charge in [-0.15, -0.1) is 0 Å². The number of benzene rings is 1. The third kappa shape index (κ3) is 7.32. The van der Waals surface area contributed by atoms with Crippen molar-refractivity contribution in [2.45, 2.75) is 57.9 Å². The molecule has 0 radical (unpaired) electrons. The minimum absolute atomic E-state index is 0.275. The van der Waals surface area contributed by atoms with Gasteiger partial charge in [-0.3, -0.25) is 4.79 Å². The van der Waals surface area contributed by atoms with Gasteiger partial charge in [0, 0.05) is 19.6 Å². The first-order valence-electron chi connectivity index (χ1n) is 10.9. The summed E-state index contributed by atoms with van der Waals surface area (Å²) in [5.41, 5.74) is 0. The molecule has 1 aromatic carbocycles. The second-order valence-corrected chi connectivity index (χ2v) is 10.7. The zero-order valence-corrected chi connectivity index (χ0v) is 19.3. The van der Waals surface area contributed by atoms with Crippen molar-refractivity contribution in [3.63, 3.8) is 0 Å². The second kappa shape index (κ2) is 11.2. The van der Waals surface area contributed by atoms with Gasteiger partial charge in [0.1, 0.15) is 16.8 Å². The Morgan fingerprint density at radius 1 is 1.17 bits per heavy atom. The van der Waals surface area contributed by atoms with E-state index in [2.05, 4.69) is 28.8 Å². The molecule has 0 saturated carbocycles.